The summed E-state index contributed by atoms with van der Waals surface area (Å²) < 4.78 is 7.35. The van der Waals surface area contributed by atoms with Gasteiger partial charge in [-0.1, -0.05) is 23.8 Å². The highest BCUT2D eigenvalue weighted by molar-refractivity contribution is 5.77. The maximum atomic E-state index is 11.8. The molecule has 112 valence electrons. The number of hydrogen-bond acceptors (Lipinski definition) is 3. The van der Waals surface area contributed by atoms with Gasteiger partial charge >= 0.3 is 0 Å². The second-order valence-electron chi connectivity index (χ2n) is 5.08. The summed E-state index contributed by atoms with van der Waals surface area (Å²) in [6.07, 6.45) is 3.82. The van der Waals surface area contributed by atoms with Crippen molar-refractivity contribution in [3.05, 3.63) is 66.1 Å². The molecule has 0 aliphatic rings. The summed E-state index contributed by atoms with van der Waals surface area (Å²) in [6.45, 7) is 2.39. The SMILES string of the molecule is Cc1ccc(OCC(=O)NCc2cn3ccccc3n2)cc1. The van der Waals surface area contributed by atoms with E-state index in [1.807, 2.05) is 66.2 Å². The van der Waals surface area contributed by atoms with Crippen molar-refractivity contribution in [2.45, 2.75) is 13.5 Å². The van der Waals surface area contributed by atoms with Crippen LogP contribution in [-0.2, 0) is 11.3 Å². The molecule has 5 nitrogen and oxygen atoms in total. The van der Waals surface area contributed by atoms with E-state index in [4.69, 9.17) is 4.74 Å². The molecule has 0 spiro atoms. The highest BCUT2D eigenvalue weighted by Crippen LogP contribution is 2.11. The molecule has 1 N–H and O–H groups in total. The molecule has 3 aromatic rings. The van der Waals surface area contributed by atoms with Crippen molar-refractivity contribution < 1.29 is 9.53 Å². The fraction of sp³-hybridized carbons (Fsp3) is 0.176. The topological polar surface area (TPSA) is 55.6 Å². The van der Waals surface area contributed by atoms with Gasteiger partial charge in [-0.2, -0.15) is 0 Å². The van der Waals surface area contributed by atoms with Crippen molar-refractivity contribution >= 4 is 11.6 Å². The molecule has 22 heavy (non-hydrogen) atoms. The molecule has 0 saturated carbocycles. The van der Waals surface area contributed by atoms with Gasteiger partial charge in [0.05, 0.1) is 12.2 Å². The lowest BCUT2D eigenvalue weighted by molar-refractivity contribution is -0.123. The molecular formula is C17H17N3O2. The Morgan fingerprint density at radius 1 is 1.23 bits per heavy atom. The Balaban J connectivity index is 1.50. The Labute approximate surface area is 128 Å². The molecule has 0 atom stereocenters. The lowest BCUT2D eigenvalue weighted by Gasteiger charge is -2.06. The third-order valence-electron chi connectivity index (χ3n) is 3.27. The van der Waals surface area contributed by atoms with E-state index in [0.717, 1.165) is 16.9 Å². The van der Waals surface area contributed by atoms with E-state index in [2.05, 4.69) is 10.3 Å². The summed E-state index contributed by atoms with van der Waals surface area (Å²) in [5.41, 5.74) is 2.83. The first kappa shape index (κ1) is 14.1. The van der Waals surface area contributed by atoms with E-state index in [0.29, 0.717) is 12.3 Å². The minimum absolute atomic E-state index is 0.00354. The predicted molar refractivity (Wildman–Crippen MR) is 83.7 cm³/mol. The maximum Gasteiger partial charge on any atom is 0.258 e. The summed E-state index contributed by atoms with van der Waals surface area (Å²) in [4.78, 5) is 16.2. The van der Waals surface area contributed by atoms with Crippen molar-refractivity contribution in [1.29, 1.82) is 0 Å². The smallest absolute Gasteiger partial charge is 0.258 e. The van der Waals surface area contributed by atoms with Gasteiger partial charge in [0.15, 0.2) is 6.61 Å². The van der Waals surface area contributed by atoms with E-state index >= 15 is 0 Å². The van der Waals surface area contributed by atoms with Crippen molar-refractivity contribution in [3.8, 4) is 5.75 Å². The van der Waals surface area contributed by atoms with Crippen molar-refractivity contribution in [3.63, 3.8) is 0 Å². The molecule has 0 unspecified atom stereocenters. The second-order valence-corrected chi connectivity index (χ2v) is 5.08. The minimum atomic E-state index is -0.169. The van der Waals surface area contributed by atoms with Gasteiger partial charge < -0.3 is 14.5 Å². The largest absolute Gasteiger partial charge is 0.484 e. The standard InChI is InChI=1S/C17H17N3O2/c1-13-5-7-15(8-6-13)22-12-17(21)18-10-14-11-20-9-3-2-4-16(20)19-14/h2-9,11H,10,12H2,1H3,(H,18,21). The number of nitrogens with one attached hydrogen (secondary N) is 1. The van der Waals surface area contributed by atoms with Gasteiger partial charge in [0.25, 0.3) is 5.91 Å². The zero-order valence-electron chi connectivity index (χ0n) is 12.3. The average molecular weight is 295 g/mol. The Morgan fingerprint density at radius 2 is 2.05 bits per heavy atom. The van der Waals surface area contributed by atoms with Crippen LogP contribution in [-0.4, -0.2) is 21.9 Å². The zero-order valence-corrected chi connectivity index (χ0v) is 12.3. The molecule has 3 rings (SSSR count). The van der Waals surface area contributed by atoms with Crippen molar-refractivity contribution in [1.82, 2.24) is 14.7 Å². The van der Waals surface area contributed by atoms with Crippen LogP contribution in [0.5, 0.6) is 5.75 Å². The molecule has 0 saturated heterocycles. The monoisotopic (exact) mass is 295 g/mol. The maximum absolute atomic E-state index is 11.8. The van der Waals surface area contributed by atoms with Crippen LogP contribution in [0, 0.1) is 6.92 Å². The van der Waals surface area contributed by atoms with E-state index in [1.54, 1.807) is 0 Å². The van der Waals surface area contributed by atoms with Gasteiger partial charge in [0.2, 0.25) is 0 Å². The number of carbonyl (C=O) groups is 1. The normalized spacial score (nSPS) is 10.6. The molecule has 2 aromatic heterocycles. The lowest BCUT2D eigenvalue weighted by atomic mass is 10.2. The van der Waals surface area contributed by atoms with E-state index in [9.17, 15) is 4.79 Å². The highest BCUT2D eigenvalue weighted by Gasteiger charge is 2.05. The third kappa shape index (κ3) is 3.44. The van der Waals surface area contributed by atoms with E-state index in [-0.39, 0.29) is 12.5 Å². The number of rotatable bonds is 5. The number of carbonyl (C=O) groups excluding carboxylic acids is 1. The van der Waals surface area contributed by atoms with Crippen LogP contribution < -0.4 is 10.1 Å². The van der Waals surface area contributed by atoms with Crippen LogP contribution in [0.1, 0.15) is 11.3 Å². The molecule has 5 heteroatoms. The molecule has 1 aromatic carbocycles. The number of hydrogen-bond donors (Lipinski definition) is 1. The summed E-state index contributed by atoms with van der Waals surface area (Å²) in [5.74, 6) is 0.520. The van der Waals surface area contributed by atoms with Gasteiger partial charge in [-0.3, -0.25) is 4.79 Å². The van der Waals surface area contributed by atoms with E-state index in [1.165, 1.54) is 0 Å². The third-order valence-corrected chi connectivity index (χ3v) is 3.27. The van der Waals surface area contributed by atoms with Crippen LogP contribution >= 0.6 is 0 Å². The fourth-order valence-electron chi connectivity index (χ4n) is 2.10. The quantitative estimate of drug-likeness (QED) is 0.786. The Hall–Kier alpha value is -2.82. The summed E-state index contributed by atoms with van der Waals surface area (Å²) >= 11 is 0. The molecule has 0 bridgehead atoms. The van der Waals surface area contributed by atoms with Gasteiger partial charge in [-0.05, 0) is 31.2 Å². The van der Waals surface area contributed by atoms with Crippen LogP contribution in [0.25, 0.3) is 5.65 Å². The Morgan fingerprint density at radius 3 is 2.82 bits per heavy atom. The van der Waals surface area contributed by atoms with Crippen LogP contribution in [0.4, 0.5) is 0 Å². The molecule has 2 heterocycles. The van der Waals surface area contributed by atoms with Crippen molar-refractivity contribution in [2.24, 2.45) is 0 Å². The predicted octanol–water partition coefficient (Wildman–Crippen LogP) is 2.34. The highest BCUT2D eigenvalue weighted by atomic mass is 16.5. The molecule has 0 fully saturated rings. The molecular weight excluding hydrogens is 278 g/mol. The number of benzene rings is 1. The summed E-state index contributed by atoms with van der Waals surface area (Å²) in [7, 11) is 0. The van der Waals surface area contributed by atoms with Crippen LogP contribution in [0.15, 0.2) is 54.9 Å². The fourth-order valence-corrected chi connectivity index (χ4v) is 2.10. The van der Waals surface area contributed by atoms with E-state index < -0.39 is 0 Å². The average Bonchev–Trinajstić information content (AvgIpc) is 2.95. The van der Waals surface area contributed by atoms with Gasteiger partial charge in [-0.15, -0.1) is 0 Å². The Bertz CT molecular complexity index is 745. The molecule has 0 radical (unpaired) electrons. The number of nitrogens with zero attached hydrogens (tertiary/aromatic N) is 2. The van der Waals surface area contributed by atoms with Gasteiger partial charge in [0, 0.05) is 12.4 Å². The molecule has 0 aliphatic carbocycles. The first-order valence-electron chi connectivity index (χ1n) is 7.09. The van der Waals surface area contributed by atoms with Crippen LogP contribution in [0.2, 0.25) is 0 Å². The first-order chi connectivity index (χ1) is 10.7. The Kier molecular flexibility index (Phi) is 4.05. The number of aromatic nitrogens is 2. The first-order valence-corrected chi connectivity index (χ1v) is 7.09. The van der Waals surface area contributed by atoms with Crippen molar-refractivity contribution in [2.75, 3.05) is 6.61 Å². The summed E-state index contributed by atoms with van der Waals surface area (Å²) in [5, 5.41) is 2.80. The number of pyridine rings is 1. The minimum Gasteiger partial charge on any atom is -0.484 e. The number of amides is 1. The second kappa shape index (κ2) is 6.30. The van der Waals surface area contributed by atoms with Crippen LogP contribution in [0.3, 0.4) is 0 Å². The van der Waals surface area contributed by atoms with Gasteiger partial charge in [0.1, 0.15) is 11.4 Å². The number of fused-ring (bicyclic) bond motifs is 1. The molecule has 0 aliphatic heterocycles. The number of ether oxygens (including phenoxy) is 1. The molecule has 1 amide bonds. The van der Waals surface area contributed by atoms with Gasteiger partial charge in [-0.25, -0.2) is 4.98 Å². The number of imidazole rings is 1. The zero-order chi connectivity index (χ0) is 15.4. The summed E-state index contributed by atoms with van der Waals surface area (Å²) in [6, 6.07) is 13.4. The number of aryl methyl sites for hydroxylation is 1. The lowest BCUT2D eigenvalue weighted by Crippen LogP contribution is -2.28.